The van der Waals surface area contributed by atoms with Crippen LogP contribution in [0.25, 0.3) is 38.2 Å². The molecule has 5 heterocycles. The monoisotopic (exact) mass is 862 g/mol. The maximum absolute atomic E-state index is 13.0. The Morgan fingerprint density at radius 3 is 2.56 bits per heavy atom. The van der Waals surface area contributed by atoms with Crippen molar-refractivity contribution in [3.63, 3.8) is 0 Å². The Balaban J connectivity index is 1.07. The fourth-order valence-corrected chi connectivity index (χ4v) is 8.47. The van der Waals surface area contributed by atoms with E-state index in [0.717, 1.165) is 70.9 Å². The first-order valence-corrected chi connectivity index (χ1v) is 21.4. The molecule has 1 atom stereocenters. The van der Waals surface area contributed by atoms with Crippen molar-refractivity contribution in [1.82, 2.24) is 29.1 Å². The van der Waals surface area contributed by atoms with Crippen LogP contribution in [0.5, 0.6) is 23.1 Å². The van der Waals surface area contributed by atoms with Crippen LogP contribution in [0.3, 0.4) is 0 Å². The molecule has 0 bridgehead atoms. The number of rotatable bonds is 16. The first kappa shape index (κ1) is 42.1. The number of pyridine rings is 1. The average Bonchev–Trinajstić information content (AvgIpc) is 3.70. The van der Waals surface area contributed by atoms with E-state index < -0.39 is 12.1 Å². The molecule has 3 aromatic heterocycles. The summed E-state index contributed by atoms with van der Waals surface area (Å²) in [6.45, 7) is 8.51. The highest BCUT2D eigenvalue weighted by molar-refractivity contribution is 7.13. The maximum atomic E-state index is 13.0. The van der Waals surface area contributed by atoms with Gasteiger partial charge in [0.05, 0.1) is 52.4 Å². The summed E-state index contributed by atoms with van der Waals surface area (Å²) in [5.41, 5.74) is 6.20. The molecule has 2 aliphatic heterocycles. The quantitative estimate of drug-likeness (QED) is 0.101. The summed E-state index contributed by atoms with van der Waals surface area (Å²) >= 11 is 8.29. The van der Waals surface area contributed by atoms with Crippen LogP contribution in [-0.4, -0.2) is 113 Å². The smallest absolute Gasteiger partial charge is 0.345 e. The van der Waals surface area contributed by atoms with Crippen LogP contribution in [0.1, 0.15) is 28.9 Å². The van der Waals surface area contributed by atoms with E-state index in [0.29, 0.717) is 71.0 Å². The molecular weight excluding hydrogens is 816 g/mol. The SMILES string of the molecule is COc1ccccc1-c1nccc(COc2ccccc2C[C@@H](Oc2nsc3cnc(C4=CCOCC4)c(-c4ccc(OCCN5CCN(C)CC5)c(Cl)c4C)c23)C(=O)O)n1. The summed E-state index contributed by atoms with van der Waals surface area (Å²) in [5, 5.41) is 11.8. The van der Waals surface area contributed by atoms with Gasteiger partial charge in [0.1, 0.15) is 30.5 Å². The minimum Gasteiger partial charge on any atom is -0.496 e. The fraction of sp³-hybridized carbons (Fsp3) is 0.326. The van der Waals surface area contributed by atoms with Gasteiger partial charge in [0.25, 0.3) is 0 Å². The predicted octanol–water partition coefficient (Wildman–Crippen LogP) is 7.87. The van der Waals surface area contributed by atoms with Gasteiger partial charge >= 0.3 is 5.97 Å². The number of fused-ring (bicyclic) bond motifs is 1. The molecule has 0 unspecified atom stereocenters. The van der Waals surface area contributed by atoms with Crippen molar-refractivity contribution in [2.24, 2.45) is 0 Å². The zero-order valence-corrected chi connectivity index (χ0v) is 35.9. The number of carboxylic acid groups (broad SMARTS) is 1. The van der Waals surface area contributed by atoms with Gasteiger partial charge in [0.15, 0.2) is 5.82 Å². The highest BCUT2D eigenvalue weighted by atomic mass is 35.5. The van der Waals surface area contributed by atoms with Crippen LogP contribution >= 0.6 is 23.1 Å². The van der Waals surface area contributed by atoms with Crippen LogP contribution in [0, 0.1) is 6.92 Å². The molecule has 0 saturated carbocycles. The molecule has 1 N–H and O–H groups in total. The third kappa shape index (κ3) is 9.64. The number of hydrogen-bond donors (Lipinski definition) is 1. The second-order valence-corrected chi connectivity index (χ2v) is 16.1. The molecule has 8 rings (SSSR count). The van der Waals surface area contributed by atoms with Gasteiger partial charge in [-0.25, -0.2) is 14.8 Å². The topological polar surface area (TPSA) is 141 Å². The van der Waals surface area contributed by atoms with Crippen molar-refractivity contribution in [2.45, 2.75) is 32.5 Å². The zero-order chi connectivity index (χ0) is 42.3. The summed E-state index contributed by atoms with van der Waals surface area (Å²) in [6, 6.07) is 20.5. The van der Waals surface area contributed by atoms with E-state index in [9.17, 15) is 9.90 Å². The first-order valence-electron chi connectivity index (χ1n) is 20.2. The molecule has 0 aliphatic carbocycles. The Bertz CT molecular complexity index is 2540. The number of methoxy groups -OCH3 is 1. The van der Waals surface area contributed by atoms with Crippen LogP contribution in [0.2, 0.25) is 5.02 Å². The molecule has 316 valence electrons. The Hall–Kier alpha value is -5.64. The van der Waals surface area contributed by atoms with E-state index >= 15 is 0 Å². The fourth-order valence-electron chi connectivity index (χ4n) is 7.55. The predicted molar refractivity (Wildman–Crippen MR) is 236 cm³/mol. The van der Waals surface area contributed by atoms with Gasteiger partial charge in [0.2, 0.25) is 12.0 Å². The lowest BCUT2D eigenvalue weighted by Crippen LogP contribution is -2.45. The van der Waals surface area contributed by atoms with Gasteiger partial charge in [0, 0.05) is 57.1 Å². The normalized spacial score (nSPS) is 15.3. The number of para-hydroxylation sites is 2. The summed E-state index contributed by atoms with van der Waals surface area (Å²) in [4.78, 5) is 31.8. The van der Waals surface area contributed by atoms with Crippen molar-refractivity contribution in [3.05, 3.63) is 113 Å². The Morgan fingerprint density at radius 2 is 1.77 bits per heavy atom. The van der Waals surface area contributed by atoms with Crippen LogP contribution in [-0.2, 0) is 22.6 Å². The van der Waals surface area contributed by atoms with Crippen LogP contribution in [0.15, 0.2) is 85.2 Å². The zero-order valence-electron chi connectivity index (χ0n) is 34.3. The molecule has 0 amide bonds. The molecular formula is C46H47ClN6O7S. The molecule has 13 nitrogen and oxygen atoms in total. The number of likely N-dealkylation sites (N-methyl/N-ethyl adjacent to an activating group) is 1. The number of benzene rings is 3. The Kier molecular flexibility index (Phi) is 13.4. The van der Waals surface area contributed by atoms with E-state index in [1.165, 1.54) is 11.5 Å². The van der Waals surface area contributed by atoms with E-state index in [2.05, 4.69) is 26.2 Å². The summed E-state index contributed by atoms with van der Waals surface area (Å²) < 4.78 is 35.6. The highest BCUT2D eigenvalue weighted by Gasteiger charge is 2.29. The average molecular weight is 863 g/mol. The van der Waals surface area contributed by atoms with Crippen molar-refractivity contribution in [3.8, 4) is 45.6 Å². The molecule has 0 radical (unpaired) electrons. The number of nitrogens with zero attached hydrogens (tertiary/aromatic N) is 6. The minimum absolute atomic E-state index is 0.00154. The van der Waals surface area contributed by atoms with Crippen molar-refractivity contribution in [1.29, 1.82) is 0 Å². The third-order valence-electron chi connectivity index (χ3n) is 11.0. The van der Waals surface area contributed by atoms with Crippen molar-refractivity contribution >= 4 is 44.8 Å². The van der Waals surface area contributed by atoms with Gasteiger partial charge in [-0.2, -0.15) is 4.37 Å². The lowest BCUT2D eigenvalue weighted by molar-refractivity contribution is -0.145. The second kappa shape index (κ2) is 19.4. The van der Waals surface area contributed by atoms with Gasteiger partial charge < -0.3 is 33.7 Å². The molecule has 1 saturated heterocycles. The minimum atomic E-state index is -1.31. The number of piperazine rings is 1. The molecule has 2 aliphatic rings. The van der Waals surface area contributed by atoms with Gasteiger partial charge in [-0.15, -0.1) is 0 Å². The number of aromatic nitrogens is 4. The van der Waals surface area contributed by atoms with E-state index in [1.54, 1.807) is 31.6 Å². The standard InChI is InChI=1S/C46H47ClN6O7S/c1-29-33(12-13-37(42(29)47)58-25-22-53-20-18-52(2)19-21-53)40-41-39(27-49-43(40)30-15-23-57-24-16-30)61-51-45(41)60-38(46(54)55)26-31-8-4-6-10-35(31)59-28-32-14-17-48-44(50-32)34-9-5-7-11-36(34)56-3/h4-15,17,27,38H,16,18-26,28H2,1-3H3,(H,54,55)/t38-/m1/s1. The Labute approximate surface area is 363 Å². The Morgan fingerprint density at radius 1 is 0.967 bits per heavy atom. The number of carbonyl (C=O) groups is 1. The highest BCUT2D eigenvalue weighted by Crippen LogP contribution is 2.45. The second-order valence-electron chi connectivity index (χ2n) is 14.9. The molecule has 61 heavy (non-hydrogen) atoms. The van der Waals surface area contributed by atoms with Gasteiger partial charge in [-0.3, -0.25) is 9.88 Å². The molecule has 6 aromatic rings. The summed E-state index contributed by atoms with van der Waals surface area (Å²) in [5.74, 6) is 1.33. The maximum Gasteiger partial charge on any atom is 0.345 e. The molecule has 15 heteroatoms. The van der Waals surface area contributed by atoms with Gasteiger partial charge in [-0.1, -0.05) is 54.1 Å². The number of aliphatic carboxylic acids is 1. The molecule has 0 spiro atoms. The number of ether oxygens (including phenoxy) is 5. The van der Waals surface area contributed by atoms with Crippen LogP contribution in [0.4, 0.5) is 0 Å². The van der Waals surface area contributed by atoms with Crippen molar-refractivity contribution < 1.29 is 33.6 Å². The van der Waals surface area contributed by atoms with Gasteiger partial charge in [-0.05, 0) is 84.5 Å². The lowest BCUT2D eigenvalue weighted by atomic mass is 9.92. The molecule has 3 aromatic carbocycles. The largest absolute Gasteiger partial charge is 0.496 e. The number of hydrogen-bond acceptors (Lipinski definition) is 13. The number of halogens is 1. The van der Waals surface area contributed by atoms with Crippen molar-refractivity contribution in [2.75, 3.05) is 66.7 Å². The van der Waals surface area contributed by atoms with E-state index in [1.807, 2.05) is 67.6 Å². The lowest BCUT2D eigenvalue weighted by Gasteiger charge is -2.32. The van der Waals surface area contributed by atoms with E-state index in [-0.39, 0.29) is 18.9 Å². The summed E-state index contributed by atoms with van der Waals surface area (Å²) in [7, 11) is 3.75. The van der Waals surface area contributed by atoms with E-state index in [4.69, 9.17) is 45.3 Å². The molecule has 1 fully saturated rings. The number of carboxylic acids is 1. The van der Waals surface area contributed by atoms with Crippen LogP contribution < -0.4 is 18.9 Å². The first-order chi connectivity index (χ1) is 29.8. The third-order valence-corrected chi connectivity index (χ3v) is 12.2. The summed E-state index contributed by atoms with van der Waals surface area (Å²) in [6.07, 6.45) is 4.83.